The van der Waals surface area contributed by atoms with E-state index in [2.05, 4.69) is 15.9 Å². The zero-order valence-electron chi connectivity index (χ0n) is 7.20. The van der Waals surface area contributed by atoms with Crippen LogP contribution in [0.2, 0.25) is 0 Å². The van der Waals surface area contributed by atoms with Gasteiger partial charge in [0.2, 0.25) is 0 Å². The Kier molecular flexibility index (Phi) is 4.00. The summed E-state index contributed by atoms with van der Waals surface area (Å²) < 4.78 is 38.2. The molecule has 0 aromatic heterocycles. The molecule has 0 aliphatic carbocycles. The average Bonchev–Trinajstić information content (AvgIpc) is 2.15. The van der Waals surface area contributed by atoms with E-state index in [0.717, 1.165) is 6.07 Å². The molecule has 0 saturated carbocycles. The number of rotatable bonds is 1. The third-order valence-corrected chi connectivity index (χ3v) is 3.26. The molecule has 0 heterocycles. The van der Waals surface area contributed by atoms with Crippen LogP contribution >= 0.6 is 38.5 Å². The van der Waals surface area contributed by atoms with Crippen molar-refractivity contribution in [1.82, 2.24) is 0 Å². The highest BCUT2D eigenvalue weighted by Crippen LogP contribution is 2.34. The quantitative estimate of drug-likeness (QED) is 0.524. The van der Waals surface area contributed by atoms with Crippen molar-refractivity contribution in [3.63, 3.8) is 0 Å². The van der Waals surface area contributed by atoms with Crippen molar-refractivity contribution < 1.29 is 13.2 Å². The van der Waals surface area contributed by atoms with Crippen LogP contribution in [-0.4, -0.2) is 0 Å². The van der Waals surface area contributed by atoms with Crippen molar-refractivity contribution in [3.8, 4) is 6.07 Å². The maximum atomic E-state index is 12.6. The molecule has 1 rings (SSSR count). The summed E-state index contributed by atoms with van der Waals surface area (Å²) in [5.74, 6) is 0. The van der Waals surface area contributed by atoms with Gasteiger partial charge in [-0.05, 0) is 40.3 Å². The summed E-state index contributed by atoms with van der Waals surface area (Å²) >= 11 is 4.84. The van der Waals surface area contributed by atoms with Crippen LogP contribution in [-0.2, 0) is 11.5 Å². The predicted octanol–water partition coefficient (Wildman–Crippen LogP) is 4.08. The highest BCUT2D eigenvalue weighted by molar-refractivity contribution is 14.1. The minimum absolute atomic E-state index is 0.0487. The molecule has 6 heteroatoms. The summed E-state index contributed by atoms with van der Waals surface area (Å²) in [6.07, 6.45) is -4.42. The van der Waals surface area contributed by atoms with Gasteiger partial charge < -0.3 is 0 Å². The molecule has 0 spiro atoms. The van der Waals surface area contributed by atoms with Gasteiger partial charge in [0.1, 0.15) is 6.07 Å². The molecular weight excluding hydrogens is 386 g/mol. The van der Waals surface area contributed by atoms with Crippen molar-refractivity contribution >= 4 is 38.5 Å². The summed E-state index contributed by atoms with van der Waals surface area (Å²) in [5.41, 5.74) is -0.560. The molecule has 0 radical (unpaired) electrons. The molecule has 80 valence electrons. The van der Waals surface area contributed by atoms with E-state index < -0.39 is 11.7 Å². The van der Waals surface area contributed by atoms with Gasteiger partial charge in [0.25, 0.3) is 0 Å². The summed E-state index contributed by atoms with van der Waals surface area (Å²) in [6.45, 7) is 0. The van der Waals surface area contributed by atoms with Crippen molar-refractivity contribution in [2.75, 3.05) is 0 Å². The van der Waals surface area contributed by atoms with Crippen LogP contribution in [0.3, 0.4) is 0 Å². The standard InChI is InChI=1S/C9H4BrF3IN/c10-3-5-2-8(14)6(4-15)1-7(5)9(11,12)13/h1-2H,3H2. The molecule has 1 nitrogen and oxygen atoms in total. The van der Waals surface area contributed by atoms with E-state index in [1.54, 1.807) is 6.07 Å². The lowest BCUT2D eigenvalue weighted by molar-refractivity contribution is -0.138. The van der Waals surface area contributed by atoms with E-state index in [1.807, 2.05) is 22.6 Å². The summed E-state index contributed by atoms with van der Waals surface area (Å²) in [6, 6.07) is 4.00. The first kappa shape index (κ1) is 12.8. The van der Waals surface area contributed by atoms with Crippen LogP contribution in [0.1, 0.15) is 16.7 Å². The second kappa shape index (κ2) is 4.70. The van der Waals surface area contributed by atoms with Crippen molar-refractivity contribution in [3.05, 3.63) is 32.4 Å². The number of alkyl halides is 4. The third-order valence-electron chi connectivity index (χ3n) is 1.76. The van der Waals surface area contributed by atoms with Gasteiger partial charge in [-0.3, -0.25) is 0 Å². The second-order valence-electron chi connectivity index (χ2n) is 2.73. The molecule has 0 atom stereocenters. The Balaban J connectivity index is 3.44. The highest BCUT2D eigenvalue weighted by Gasteiger charge is 2.33. The summed E-state index contributed by atoms with van der Waals surface area (Å²) in [4.78, 5) is 0. The Morgan fingerprint density at radius 1 is 1.40 bits per heavy atom. The van der Waals surface area contributed by atoms with Crippen molar-refractivity contribution in [2.24, 2.45) is 0 Å². The first-order valence-electron chi connectivity index (χ1n) is 3.76. The monoisotopic (exact) mass is 389 g/mol. The number of halogens is 5. The van der Waals surface area contributed by atoms with Crippen LogP contribution in [0.5, 0.6) is 0 Å². The first-order valence-corrected chi connectivity index (χ1v) is 5.96. The fourth-order valence-corrected chi connectivity index (χ4v) is 2.19. The van der Waals surface area contributed by atoms with Gasteiger partial charge in [-0.15, -0.1) is 0 Å². The number of benzene rings is 1. The predicted molar refractivity (Wildman–Crippen MR) is 61.5 cm³/mol. The van der Waals surface area contributed by atoms with E-state index in [1.165, 1.54) is 6.07 Å². The number of hydrogen-bond acceptors (Lipinski definition) is 1. The minimum atomic E-state index is -4.42. The van der Waals surface area contributed by atoms with Crippen LogP contribution in [0, 0.1) is 14.9 Å². The van der Waals surface area contributed by atoms with Crippen molar-refractivity contribution in [2.45, 2.75) is 11.5 Å². The SMILES string of the molecule is N#Cc1cc(C(F)(F)F)c(CBr)cc1I. The van der Waals surface area contributed by atoms with E-state index in [9.17, 15) is 13.2 Å². The lowest BCUT2D eigenvalue weighted by Crippen LogP contribution is -2.09. The smallest absolute Gasteiger partial charge is 0.192 e. The number of nitrogens with zero attached hydrogens (tertiary/aromatic N) is 1. The van der Waals surface area contributed by atoms with Gasteiger partial charge in [0.05, 0.1) is 11.1 Å². The topological polar surface area (TPSA) is 23.8 Å². The Morgan fingerprint density at radius 2 is 2.00 bits per heavy atom. The largest absolute Gasteiger partial charge is 0.416 e. The van der Waals surface area contributed by atoms with Crippen LogP contribution in [0.25, 0.3) is 0 Å². The maximum absolute atomic E-state index is 12.6. The fraction of sp³-hybridized carbons (Fsp3) is 0.222. The van der Waals surface area contributed by atoms with E-state index >= 15 is 0 Å². The lowest BCUT2D eigenvalue weighted by Gasteiger charge is -2.12. The first-order chi connectivity index (χ1) is 6.90. The normalized spacial score (nSPS) is 11.2. The highest BCUT2D eigenvalue weighted by atomic mass is 127. The fourth-order valence-electron chi connectivity index (χ4n) is 1.07. The Bertz CT molecular complexity index is 423. The molecule has 0 aliphatic rings. The molecule has 0 N–H and O–H groups in total. The summed E-state index contributed by atoms with van der Waals surface area (Å²) in [7, 11) is 0. The van der Waals surface area contributed by atoms with Gasteiger partial charge in [0.15, 0.2) is 0 Å². The third kappa shape index (κ3) is 2.84. The molecular formula is C9H4BrF3IN. The maximum Gasteiger partial charge on any atom is 0.416 e. The molecule has 0 fully saturated rings. The molecule has 0 saturated heterocycles. The van der Waals surface area contributed by atoms with Gasteiger partial charge in [-0.25, -0.2) is 0 Å². The molecule has 15 heavy (non-hydrogen) atoms. The van der Waals surface area contributed by atoms with Gasteiger partial charge in [-0.2, -0.15) is 18.4 Å². The molecule has 0 unspecified atom stereocenters. The van der Waals surface area contributed by atoms with Gasteiger partial charge in [-0.1, -0.05) is 15.9 Å². The zero-order valence-corrected chi connectivity index (χ0v) is 10.9. The van der Waals surface area contributed by atoms with Crippen LogP contribution < -0.4 is 0 Å². The molecule has 0 aliphatic heterocycles. The molecule has 1 aromatic carbocycles. The van der Waals surface area contributed by atoms with Gasteiger partial charge >= 0.3 is 6.18 Å². The van der Waals surface area contributed by atoms with E-state index in [-0.39, 0.29) is 16.5 Å². The van der Waals surface area contributed by atoms with Crippen LogP contribution in [0.4, 0.5) is 13.2 Å². The second-order valence-corrected chi connectivity index (χ2v) is 4.46. The van der Waals surface area contributed by atoms with E-state index in [4.69, 9.17) is 5.26 Å². The number of hydrogen-bond donors (Lipinski definition) is 0. The number of nitriles is 1. The molecule has 0 amide bonds. The Hall–Kier alpha value is -0.290. The molecule has 0 bridgehead atoms. The average molecular weight is 390 g/mol. The molecule has 1 aromatic rings. The zero-order chi connectivity index (χ0) is 11.6. The van der Waals surface area contributed by atoms with Gasteiger partial charge in [0, 0.05) is 8.90 Å². The lowest BCUT2D eigenvalue weighted by atomic mass is 10.1. The summed E-state index contributed by atoms with van der Waals surface area (Å²) in [5, 5.41) is 8.75. The Labute approximate surface area is 107 Å². The Morgan fingerprint density at radius 3 is 2.40 bits per heavy atom. The van der Waals surface area contributed by atoms with E-state index in [0.29, 0.717) is 3.57 Å². The van der Waals surface area contributed by atoms with Crippen LogP contribution in [0.15, 0.2) is 12.1 Å². The minimum Gasteiger partial charge on any atom is -0.192 e. The van der Waals surface area contributed by atoms with Crippen molar-refractivity contribution in [1.29, 1.82) is 5.26 Å².